The van der Waals surface area contributed by atoms with Gasteiger partial charge in [0, 0.05) is 24.2 Å². The van der Waals surface area contributed by atoms with Gasteiger partial charge in [-0.2, -0.15) is 0 Å². The number of rotatable bonds is 5. The lowest BCUT2D eigenvalue weighted by Gasteiger charge is -2.17. The van der Waals surface area contributed by atoms with E-state index in [1.165, 1.54) is 12.8 Å². The maximum absolute atomic E-state index is 5.91. The highest BCUT2D eigenvalue weighted by molar-refractivity contribution is 6.31. The van der Waals surface area contributed by atoms with E-state index in [0.29, 0.717) is 5.02 Å². The molecule has 0 unspecified atom stereocenters. The highest BCUT2D eigenvalue weighted by Gasteiger charge is 2.25. The zero-order valence-corrected chi connectivity index (χ0v) is 10.3. The second-order valence-electron chi connectivity index (χ2n) is 4.37. The molecule has 3 N–H and O–H groups in total. The predicted molar refractivity (Wildman–Crippen MR) is 70.0 cm³/mol. The SMILES string of the molecule is CN(CCNc1cc(Cl)ccc1N)C1CC1. The summed E-state index contributed by atoms with van der Waals surface area (Å²) in [6.45, 7) is 1.94. The molecular weight excluding hydrogens is 222 g/mol. The van der Waals surface area contributed by atoms with Crippen molar-refractivity contribution < 1.29 is 0 Å². The zero-order chi connectivity index (χ0) is 11.5. The van der Waals surface area contributed by atoms with E-state index in [1.54, 1.807) is 6.07 Å². The van der Waals surface area contributed by atoms with Crippen molar-refractivity contribution in [2.45, 2.75) is 18.9 Å². The second kappa shape index (κ2) is 4.93. The van der Waals surface area contributed by atoms with Crippen LogP contribution in [0.2, 0.25) is 5.02 Å². The van der Waals surface area contributed by atoms with Crippen molar-refractivity contribution in [3.05, 3.63) is 23.2 Å². The van der Waals surface area contributed by atoms with E-state index in [0.717, 1.165) is 30.5 Å². The Morgan fingerprint density at radius 1 is 1.50 bits per heavy atom. The van der Waals surface area contributed by atoms with Gasteiger partial charge in [-0.25, -0.2) is 0 Å². The number of nitrogen functional groups attached to an aromatic ring is 1. The van der Waals surface area contributed by atoms with Gasteiger partial charge in [-0.3, -0.25) is 0 Å². The number of benzene rings is 1. The van der Waals surface area contributed by atoms with Gasteiger partial charge in [0.15, 0.2) is 0 Å². The van der Waals surface area contributed by atoms with Gasteiger partial charge in [0.25, 0.3) is 0 Å². The molecule has 1 aromatic rings. The molecule has 0 heterocycles. The molecule has 2 rings (SSSR count). The lowest BCUT2D eigenvalue weighted by Crippen LogP contribution is -2.27. The van der Waals surface area contributed by atoms with Crippen molar-refractivity contribution in [2.75, 3.05) is 31.2 Å². The maximum atomic E-state index is 5.91. The predicted octanol–water partition coefficient (Wildman–Crippen LogP) is 2.43. The van der Waals surface area contributed by atoms with Crippen molar-refractivity contribution in [3.63, 3.8) is 0 Å². The molecule has 0 aliphatic heterocycles. The minimum atomic E-state index is 0.715. The van der Waals surface area contributed by atoms with Crippen molar-refractivity contribution in [1.82, 2.24) is 4.90 Å². The van der Waals surface area contributed by atoms with Gasteiger partial charge in [-0.15, -0.1) is 0 Å². The topological polar surface area (TPSA) is 41.3 Å². The number of halogens is 1. The molecule has 88 valence electrons. The number of nitrogens with two attached hydrogens (primary N) is 1. The summed E-state index contributed by atoms with van der Waals surface area (Å²) < 4.78 is 0. The van der Waals surface area contributed by atoms with Gasteiger partial charge in [0.1, 0.15) is 0 Å². The molecule has 0 spiro atoms. The molecular formula is C12H18ClN3. The Morgan fingerprint density at radius 2 is 2.25 bits per heavy atom. The minimum absolute atomic E-state index is 0.715. The standard InChI is InChI=1S/C12H18ClN3/c1-16(10-3-4-10)7-6-15-12-8-9(13)2-5-11(12)14/h2,5,8,10,15H,3-4,6-7,14H2,1H3. The molecule has 1 aliphatic carbocycles. The lowest BCUT2D eigenvalue weighted by molar-refractivity contribution is 0.337. The molecule has 0 amide bonds. The fourth-order valence-corrected chi connectivity index (χ4v) is 1.92. The van der Waals surface area contributed by atoms with Crippen LogP contribution in [0.4, 0.5) is 11.4 Å². The molecule has 1 aromatic carbocycles. The molecule has 0 aromatic heterocycles. The van der Waals surface area contributed by atoms with Gasteiger partial charge >= 0.3 is 0 Å². The second-order valence-corrected chi connectivity index (χ2v) is 4.81. The van der Waals surface area contributed by atoms with Gasteiger partial charge in [-0.05, 0) is 38.1 Å². The average Bonchev–Trinajstić information content (AvgIpc) is 3.06. The highest BCUT2D eigenvalue weighted by Crippen LogP contribution is 2.25. The number of nitrogens with one attached hydrogen (secondary N) is 1. The first-order chi connectivity index (χ1) is 7.66. The molecule has 1 fully saturated rings. The van der Waals surface area contributed by atoms with Crippen molar-refractivity contribution in [2.24, 2.45) is 0 Å². The summed E-state index contributed by atoms with van der Waals surface area (Å²) in [5.74, 6) is 0. The van der Waals surface area contributed by atoms with E-state index in [-0.39, 0.29) is 0 Å². The monoisotopic (exact) mass is 239 g/mol. The fourth-order valence-electron chi connectivity index (χ4n) is 1.75. The van der Waals surface area contributed by atoms with Crippen molar-refractivity contribution in [3.8, 4) is 0 Å². The fraction of sp³-hybridized carbons (Fsp3) is 0.500. The van der Waals surface area contributed by atoms with Crippen LogP contribution < -0.4 is 11.1 Å². The van der Waals surface area contributed by atoms with E-state index in [2.05, 4.69) is 17.3 Å². The smallest absolute Gasteiger partial charge is 0.0589 e. The van der Waals surface area contributed by atoms with Crippen LogP contribution in [-0.4, -0.2) is 31.1 Å². The third-order valence-electron chi connectivity index (χ3n) is 2.97. The largest absolute Gasteiger partial charge is 0.397 e. The van der Waals surface area contributed by atoms with Crippen LogP contribution in [0.15, 0.2) is 18.2 Å². The Hall–Kier alpha value is -0.930. The number of nitrogens with zero attached hydrogens (tertiary/aromatic N) is 1. The summed E-state index contributed by atoms with van der Waals surface area (Å²) in [4.78, 5) is 2.38. The van der Waals surface area contributed by atoms with Crippen LogP contribution in [0.25, 0.3) is 0 Å². The number of hydrogen-bond acceptors (Lipinski definition) is 3. The van der Waals surface area contributed by atoms with Crippen LogP contribution in [0, 0.1) is 0 Å². The summed E-state index contributed by atoms with van der Waals surface area (Å²) in [5.41, 5.74) is 7.52. The maximum Gasteiger partial charge on any atom is 0.0589 e. The Balaban J connectivity index is 1.81. The first-order valence-electron chi connectivity index (χ1n) is 5.66. The third-order valence-corrected chi connectivity index (χ3v) is 3.20. The Bertz CT molecular complexity index is 363. The molecule has 1 saturated carbocycles. The van der Waals surface area contributed by atoms with E-state index in [9.17, 15) is 0 Å². The Labute approximate surface area is 102 Å². The summed E-state index contributed by atoms with van der Waals surface area (Å²) in [6.07, 6.45) is 2.69. The quantitative estimate of drug-likeness (QED) is 0.776. The molecule has 3 nitrogen and oxygen atoms in total. The summed E-state index contributed by atoms with van der Waals surface area (Å²) in [7, 11) is 2.17. The van der Waals surface area contributed by atoms with Gasteiger partial charge < -0.3 is 16.0 Å². The van der Waals surface area contributed by atoms with Crippen LogP contribution in [-0.2, 0) is 0 Å². The zero-order valence-electron chi connectivity index (χ0n) is 9.54. The summed E-state index contributed by atoms with van der Waals surface area (Å²) in [6, 6.07) is 6.31. The lowest BCUT2D eigenvalue weighted by atomic mass is 10.2. The third kappa shape index (κ3) is 3.03. The molecule has 0 atom stereocenters. The van der Waals surface area contributed by atoms with Gasteiger partial charge in [0.05, 0.1) is 11.4 Å². The average molecular weight is 240 g/mol. The summed E-state index contributed by atoms with van der Waals surface area (Å²) >= 11 is 5.91. The van der Waals surface area contributed by atoms with E-state index in [1.807, 2.05) is 12.1 Å². The molecule has 16 heavy (non-hydrogen) atoms. The Morgan fingerprint density at radius 3 is 2.94 bits per heavy atom. The van der Waals surface area contributed by atoms with Crippen LogP contribution in [0.3, 0.4) is 0 Å². The Kier molecular flexibility index (Phi) is 3.56. The van der Waals surface area contributed by atoms with Gasteiger partial charge in [0.2, 0.25) is 0 Å². The van der Waals surface area contributed by atoms with Crippen LogP contribution >= 0.6 is 11.6 Å². The van der Waals surface area contributed by atoms with E-state index in [4.69, 9.17) is 17.3 Å². The number of likely N-dealkylation sites (N-methyl/N-ethyl adjacent to an activating group) is 1. The first-order valence-corrected chi connectivity index (χ1v) is 6.04. The number of hydrogen-bond donors (Lipinski definition) is 2. The van der Waals surface area contributed by atoms with E-state index >= 15 is 0 Å². The van der Waals surface area contributed by atoms with Crippen LogP contribution in [0.5, 0.6) is 0 Å². The molecule has 4 heteroatoms. The van der Waals surface area contributed by atoms with Gasteiger partial charge in [-0.1, -0.05) is 11.6 Å². The highest BCUT2D eigenvalue weighted by atomic mass is 35.5. The molecule has 0 radical (unpaired) electrons. The normalized spacial score (nSPS) is 15.4. The summed E-state index contributed by atoms with van der Waals surface area (Å²) in [5, 5.41) is 4.03. The molecule has 0 bridgehead atoms. The van der Waals surface area contributed by atoms with E-state index < -0.39 is 0 Å². The first kappa shape index (κ1) is 11.6. The molecule has 0 saturated heterocycles. The van der Waals surface area contributed by atoms with Crippen molar-refractivity contribution >= 4 is 23.0 Å². The van der Waals surface area contributed by atoms with Crippen molar-refractivity contribution in [1.29, 1.82) is 0 Å². The number of anilines is 2. The van der Waals surface area contributed by atoms with Crippen LogP contribution in [0.1, 0.15) is 12.8 Å². The molecule has 1 aliphatic rings. The minimum Gasteiger partial charge on any atom is -0.397 e.